The predicted molar refractivity (Wildman–Crippen MR) is 95.8 cm³/mol. The second-order valence-electron chi connectivity index (χ2n) is 6.44. The normalized spacial score (nSPS) is 21.6. The van der Waals surface area contributed by atoms with E-state index in [9.17, 15) is 0 Å². The van der Waals surface area contributed by atoms with Gasteiger partial charge in [0.15, 0.2) is 0 Å². The minimum Gasteiger partial charge on any atom is -0.0776 e. The lowest BCUT2D eigenvalue weighted by Crippen LogP contribution is -2.10. The van der Waals surface area contributed by atoms with Crippen LogP contribution in [0, 0.1) is 12.8 Å². The van der Waals surface area contributed by atoms with Gasteiger partial charge in [-0.05, 0) is 48.3 Å². The Morgan fingerprint density at radius 2 is 1.24 bits per heavy atom. The maximum absolute atomic E-state index is 2.39. The molecule has 2 aromatic carbocycles. The Bertz CT molecular complexity index is 545. The summed E-state index contributed by atoms with van der Waals surface area (Å²) in [5.74, 6) is 1.72. The van der Waals surface area contributed by atoms with Crippen LogP contribution in [0.15, 0.2) is 48.5 Å². The van der Waals surface area contributed by atoms with Gasteiger partial charge >= 0.3 is 0 Å². The highest BCUT2D eigenvalue weighted by atomic mass is 14.2. The molecule has 0 N–H and O–H groups in total. The number of aryl methyl sites for hydroxylation is 1. The average Bonchev–Trinajstić information content (AvgIpc) is 2.49. The van der Waals surface area contributed by atoms with Crippen molar-refractivity contribution < 1.29 is 1.43 Å². The molecule has 3 rings (SSSR count). The van der Waals surface area contributed by atoms with Crippen LogP contribution in [0.2, 0.25) is 0 Å². The van der Waals surface area contributed by atoms with Crippen molar-refractivity contribution in [3.63, 3.8) is 0 Å². The summed E-state index contributed by atoms with van der Waals surface area (Å²) in [6.45, 7) is 4.52. The zero-order chi connectivity index (χ0) is 13.9. The van der Waals surface area contributed by atoms with E-state index in [2.05, 4.69) is 62.4 Å². The Morgan fingerprint density at radius 1 is 0.762 bits per heavy atom. The van der Waals surface area contributed by atoms with Gasteiger partial charge in [0.1, 0.15) is 0 Å². The molecule has 0 unspecified atom stereocenters. The van der Waals surface area contributed by atoms with Crippen molar-refractivity contribution in [2.45, 2.75) is 52.9 Å². The largest absolute Gasteiger partial charge is 0.0776 e. The highest BCUT2D eigenvalue weighted by molar-refractivity contribution is 5.64. The molecule has 0 aromatic heterocycles. The third-order valence-corrected chi connectivity index (χ3v) is 4.78. The first-order valence-electron chi connectivity index (χ1n) is 7.89. The van der Waals surface area contributed by atoms with Crippen LogP contribution in [0.1, 0.15) is 58.5 Å². The van der Waals surface area contributed by atoms with E-state index < -0.39 is 0 Å². The van der Waals surface area contributed by atoms with Gasteiger partial charge in [0.25, 0.3) is 0 Å². The predicted octanol–water partition coefficient (Wildman–Crippen LogP) is 6.84. The second kappa shape index (κ2) is 6.93. The molecule has 1 fully saturated rings. The van der Waals surface area contributed by atoms with E-state index in [1.165, 1.54) is 47.9 Å². The maximum Gasteiger partial charge on any atom is 0 e. The van der Waals surface area contributed by atoms with Crippen LogP contribution in [-0.4, -0.2) is 0 Å². The highest BCUT2D eigenvalue weighted by Gasteiger charge is 2.19. The van der Waals surface area contributed by atoms with Gasteiger partial charge in [0.05, 0.1) is 0 Å². The van der Waals surface area contributed by atoms with Crippen LogP contribution in [0.4, 0.5) is 0 Å². The molecule has 0 atom stereocenters. The fourth-order valence-corrected chi connectivity index (χ4v) is 3.29. The van der Waals surface area contributed by atoms with Gasteiger partial charge in [-0.3, -0.25) is 0 Å². The topological polar surface area (TPSA) is 0 Å². The monoisotopic (exact) mass is 282 g/mol. The molecule has 0 saturated heterocycles. The van der Waals surface area contributed by atoms with Crippen molar-refractivity contribution >= 4 is 0 Å². The van der Waals surface area contributed by atoms with Crippen molar-refractivity contribution in [3.05, 3.63) is 59.7 Å². The number of rotatable bonds is 2. The first-order chi connectivity index (χ1) is 9.72. The van der Waals surface area contributed by atoms with Crippen molar-refractivity contribution in [2.75, 3.05) is 0 Å². The molecule has 0 spiro atoms. The van der Waals surface area contributed by atoms with Gasteiger partial charge in [-0.25, -0.2) is 0 Å². The lowest BCUT2D eigenvalue weighted by molar-refractivity contribution is 0.348. The van der Waals surface area contributed by atoms with Crippen LogP contribution in [-0.2, 0) is 0 Å². The van der Waals surface area contributed by atoms with E-state index >= 15 is 0 Å². The summed E-state index contributed by atoms with van der Waals surface area (Å²) in [5.41, 5.74) is 5.51. The third-order valence-electron chi connectivity index (χ3n) is 4.78. The second-order valence-corrected chi connectivity index (χ2v) is 6.44. The molecule has 0 heteroatoms. The Hall–Kier alpha value is -1.56. The lowest BCUT2D eigenvalue weighted by Gasteiger charge is -2.26. The first-order valence-corrected chi connectivity index (χ1v) is 7.89. The Kier molecular flexibility index (Phi) is 5.22. The van der Waals surface area contributed by atoms with Gasteiger partial charge in [-0.2, -0.15) is 0 Å². The fourth-order valence-electron chi connectivity index (χ4n) is 3.29. The summed E-state index contributed by atoms with van der Waals surface area (Å²) >= 11 is 0. The summed E-state index contributed by atoms with van der Waals surface area (Å²) in [6, 6.07) is 18.1. The molecular weight excluding hydrogens is 252 g/mol. The van der Waals surface area contributed by atoms with Crippen molar-refractivity contribution in [1.29, 1.82) is 0 Å². The first kappa shape index (κ1) is 15.8. The summed E-state index contributed by atoms with van der Waals surface area (Å²) in [7, 11) is 0. The van der Waals surface area contributed by atoms with Crippen molar-refractivity contribution in [1.82, 2.24) is 0 Å². The number of hydrogen-bond acceptors (Lipinski definition) is 0. The Morgan fingerprint density at radius 3 is 1.76 bits per heavy atom. The summed E-state index contributed by atoms with van der Waals surface area (Å²) in [6.07, 6.45) is 5.52. The zero-order valence-corrected chi connectivity index (χ0v) is 12.6. The van der Waals surface area contributed by atoms with Crippen LogP contribution < -0.4 is 0 Å². The molecule has 114 valence electrons. The number of hydrogen-bond donors (Lipinski definition) is 0. The number of benzene rings is 2. The quantitative estimate of drug-likeness (QED) is 0.565. The summed E-state index contributed by atoms with van der Waals surface area (Å²) in [4.78, 5) is 0. The van der Waals surface area contributed by atoms with Crippen LogP contribution in [0.5, 0.6) is 0 Å². The lowest BCUT2D eigenvalue weighted by atomic mass is 9.79. The molecule has 0 nitrogen and oxygen atoms in total. The molecule has 0 radical (unpaired) electrons. The molecule has 1 aliphatic carbocycles. The van der Waals surface area contributed by atoms with E-state index in [0.29, 0.717) is 0 Å². The van der Waals surface area contributed by atoms with Crippen LogP contribution >= 0.6 is 0 Å². The van der Waals surface area contributed by atoms with E-state index in [0.717, 1.165) is 11.8 Å². The highest BCUT2D eigenvalue weighted by Crippen LogP contribution is 2.36. The molecule has 0 amide bonds. The molecule has 21 heavy (non-hydrogen) atoms. The van der Waals surface area contributed by atoms with E-state index in [-0.39, 0.29) is 8.85 Å². The summed E-state index contributed by atoms with van der Waals surface area (Å²) in [5, 5.41) is 0. The Balaban J connectivity index is 0.00000121. The minimum atomic E-state index is 0. The van der Waals surface area contributed by atoms with Gasteiger partial charge in [-0.1, -0.05) is 81.3 Å². The molecule has 1 saturated carbocycles. The minimum absolute atomic E-state index is 0. The molecule has 0 bridgehead atoms. The van der Waals surface area contributed by atoms with Crippen LogP contribution in [0.25, 0.3) is 11.1 Å². The van der Waals surface area contributed by atoms with Crippen molar-refractivity contribution in [2.24, 2.45) is 5.92 Å². The standard InChI is InChI=1S/C20H24.CH4.H2/c1-15-3-7-17(8-4-15)19-11-13-20(14-12-19)18-9-5-16(2)6-10-18;;/h3-4,7-8,11-14,16,18H,5-6,9-10H2,1-2H3;1H4;1H. The van der Waals surface area contributed by atoms with Gasteiger partial charge in [-0.15, -0.1) is 0 Å². The van der Waals surface area contributed by atoms with Gasteiger partial charge in [0.2, 0.25) is 0 Å². The SMILES string of the molecule is C.Cc1ccc(-c2ccc(C3CCC(C)CC3)cc2)cc1.[HH]. The fraction of sp³-hybridized carbons (Fsp3) is 0.429. The molecule has 2 aromatic rings. The molecule has 0 aliphatic heterocycles. The molecule has 0 heterocycles. The molecular formula is C21H30. The van der Waals surface area contributed by atoms with Crippen LogP contribution in [0.3, 0.4) is 0 Å². The van der Waals surface area contributed by atoms with Gasteiger partial charge < -0.3 is 0 Å². The van der Waals surface area contributed by atoms with Crippen molar-refractivity contribution in [3.8, 4) is 11.1 Å². The third kappa shape index (κ3) is 3.75. The zero-order valence-electron chi connectivity index (χ0n) is 12.6. The average molecular weight is 282 g/mol. The van der Waals surface area contributed by atoms with Gasteiger partial charge in [0, 0.05) is 1.43 Å². The van der Waals surface area contributed by atoms with E-state index in [1.54, 1.807) is 0 Å². The van der Waals surface area contributed by atoms with E-state index in [1.807, 2.05) is 0 Å². The summed E-state index contributed by atoms with van der Waals surface area (Å²) < 4.78 is 0. The maximum atomic E-state index is 2.39. The Labute approximate surface area is 131 Å². The smallest absolute Gasteiger partial charge is 0 e. The van der Waals surface area contributed by atoms with E-state index in [4.69, 9.17) is 0 Å². The molecule has 1 aliphatic rings.